The second-order valence-electron chi connectivity index (χ2n) is 4.99. The average Bonchev–Trinajstić information content (AvgIpc) is 2.16. The summed E-state index contributed by atoms with van der Waals surface area (Å²) in [4.78, 5) is 14.0. The Balaban J connectivity index is 2.67. The number of amides is 1. The molecule has 82 valence electrons. The fourth-order valence-corrected chi connectivity index (χ4v) is 2.26. The molecule has 1 amide bonds. The number of rotatable bonds is 2. The van der Waals surface area contributed by atoms with Crippen molar-refractivity contribution in [3.05, 3.63) is 0 Å². The van der Waals surface area contributed by atoms with Gasteiger partial charge in [0.15, 0.2) is 0 Å². The van der Waals surface area contributed by atoms with E-state index >= 15 is 0 Å². The summed E-state index contributed by atoms with van der Waals surface area (Å²) in [5, 5.41) is 0. The molecule has 0 unspecified atom stereocenters. The molecule has 0 radical (unpaired) electrons. The molecule has 1 rings (SSSR count). The van der Waals surface area contributed by atoms with Crippen LogP contribution in [0.4, 0.5) is 0 Å². The average molecular weight is 197 g/mol. The number of carbonyl (C=O) groups is 1. The molecule has 0 spiro atoms. The first-order valence-corrected chi connectivity index (χ1v) is 5.84. The van der Waals surface area contributed by atoms with Crippen LogP contribution >= 0.6 is 0 Å². The van der Waals surface area contributed by atoms with Crippen molar-refractivity contribution >= 4 is 5.91 Å². The molecule has 1 aliphatic rings. The van der Waals surface area contributed by atoms with Crippen molar-refractivity contribution < 1.29 is 4.79 Å². The van der Waals surface area contributed by atoms with Crippen molar-refractivity contribution in [3.8, 4) is 0 Å². The van der Waals surface area contributed by atoms with Crippen LogP contribution in [0.1, 0.15) is 47.0 Å². The number of hydrogen-bond donors (Lipinski definition) is 0. The maximum atomic E-state index is 11.9. The smallest absolute Gasteiger partial charge is 0.225 e. The third-order valence-electron chi connectivity index (χ3n) is 3.10. The first kappa shape index (κ1) is 11.5. The van der Waals surface area contributed by atoms with E-state index in [1.807, 2.05) is 13.8 Å². The van der Waals surface area contributed by atoms with Crippen LogP contribution < -0.4 is 0 Å². The van der Waals surface area contributed by atoms with Gasteiger partial charge in [-0.05, 0) is 25.2 Å². The van der Waals surface area contributed by atoms with E-state index < -0.39 is 0 Å². The van der Waals surface area contributed by atoms with E-state index in [1.54, 1.807) is 0 Å². The van der Waals surface area contributed by atoms with Crippen LogP contribution in [-0.4, -0.2) is 23.4 Å². The Kier molecular flexibility index (Phi) is 3.97. The number of likely N-dealkylation sites (tertiary alicyclic amines) is 1. The van der Waals surface area contributed by atoms with Crippen LogP contribution in [0, 0.1) is 11.8 Å². The van der Waals surface area contributed by atoms with Gasteiger partial charge in [-0.3, -0.25) is 4.79 Å². The molecule has 0 saturated carbocycles. The molecular formula is C12H23NO. The molecule has 0 bridgehead atoms. The molecule has 1 atom stereocenters. The van der Waals surface area contributed by atoms with E-state index in [2.05, 4.69) is 18.7 Å². The molecule has 1 heterocycles. The van der Waals surface area contributed by atoms with Gasteiger partial charge in [-0.25, -0.2) is 0 Å². The van der Waals surface area contributed by atoms with Gasteiger partial charge in [-0.15, -0.1) is 0 Å². The molecule has 0 aromatic carbocycles. The molecule has 0 aliphatic carbocycles. The molecule has 0 aromatic heterocycles. The lowest BCUT2D eigenvalue weighted by Crippen LogP contribution is -2.47. The van der Waals surface area contributed by atoms with Crippen LogP contribution in [0.2, 0.25) is 0 Å². The van der Waals surface area contributed by atoms with E-state index in [9.17, 15) is 4.79 Å². The normalized spacial score (nSPS) is 23.3. The van der Waals surface area contributed by atoms with Crippen molar-refractivity contribution in [1.29, 1.82) is 0 Å². The Morgan fingerprint density at radius 1 is 1.21 bits per heavy atom. The highest BCUT2D eigenvalue weighted by atomic mass is 16.2. The number of nitrogens with zero attached hydrogens (tertiary/aromatic N) is 1. The summed E-state index contributed by atoms with van der Waals surface area (Å²) < 4.78 is 0. The Hall–Kier alpha value is -0.530. The van der Waals surface area contributed by atoms with Gasteiger partial charge < -0.3 is 4.90 Å². The first-order chi connectivity index (χ1) is 6.54. The second-order valence-corrected chi connectivity index (χ2v) is 4.99. The maximum Gasteiger partial charge on any atom is 0.225 e. The monoisotopic (exact) mass is 197 g/mol. The molecule has 1 saturated heterocycles. The van der Waals surface area contributed by atoms with Crippen molar-refractivity contribution in [2.45, 2.75) is 53.0 Å². The second kappa shape index (κ2) is 4.81. The topological polar surface area (TPSA) is 20.3 Å². The Morgan fingerprint density at radius 3 is 2.36 bits per heavy atom. The van der Waals surface area contributed by atoms with Gasteiger partial charge in [0.1, 0.15) is 0 Å². The Morgan fingerprint density at radius 2 is 1.86 bits per heavy atom. The number of hydrogen-bond acceptors (Lipinski definition) is 1. The molecule has 2 heteroatoms. The third kappa shape index (κ3) is 2.49. The van der Waals surface area contributed by atoms with Gasteiger partial charge in [0.25, 0.3) is 0 Å². The molecule has 0 N–H and O–H groups in total. The van der Waals surface area contributed by atoms with Gasteiger partial charge in [-0.2, -0.15) is 0 Å². The van der Waals surface area contributed by atoms with Crippen LogP contribution in [0.5, 0.6) is 0 Å². The van der Waals surface area contributed by atoms with Crippen LogP contribution in [0.3, 0.4) is 0 Å². The summed E-state index contributed by atoms with van der Waals surface area (Å²) in [6.07, 6.45) is 3.66. The highest BCUT2D eigenvalue weighted by Crippen LogP contribution is 2.24. The molecule has 0 aromatic rings. The minimum absolute atomic E-state index is 0.148. The molecule has 1 fully saturated rings. The van der Waals surface area contributed by atoms with Crippen LogP contribution in [0.15, 0.2) is 0 Å². The number of piperidine rings is 1. The quantitative estimate of drug-likeness (QED) is 0.666. The zero-order chi connectivity index (χ0) is 10.7. The summed E-state index contributed by atoms with van der Waals surface area (Å²) in [6, 6.07) is 0.485. The predicted molar refractivity (Wildman–Crippen MR) is 59.0 cm³/mol. The van der Waals surface area contributed by atoms with E-state index in [1.165, 1.54) is 19.3 Å². The Bertz CT molecular complexity index is 198. The zero-order valence-corrected chi connectivity index (χ0v) is 9.92. The van der Waals surface area contributed by atoms with Gasteiger partial charge in [0.2, 0.25) is 5.91 Å². The Labute approximate surface area is 87.7 Å². The summed E-state index contributed by atoms with van der Waals surface area (Å²) in [6.45, 7) is 9.40. The lowest BCUT2D eigenvalue weighted by molar-refractivity contribution is -0.139. The molecule has 2 nitrogen and oxygen atoms in total. The summed E-state index contributed by atoms with van der Waals surface area (Å²) in [7, 11) is 0. The summed E-state index contributed by atoms with van der Waals surface area (Å²) in [5.41, 5.74) is 0. The van der Waals surface area contributed by atoms with Crippen molar-refractivity contribution in [3.63, 3.8) is 0 Å². The third-order valence-corrected chi connectivity index (χ3v) is 3.10. The molecule has 14 heavy (non-hydrogen) atoms. The lowest BCUT2D eigenvalue weighted by Gasteiger charge is -2.39. The van der Waals surface area contributed by atoms with Crippen LogP contribution in [-0.2, 0) is 4.79 Å². The molecular weight excluding hydrogens is 174 g/mol. The molecule has 1 aliphatic heterocycles. The van der Waals surface area contributed by atoms with Gasteiger partial charge in [-0.1, -0.05) is 27.7 Å². The largest absolute Gasteiger partial charge is 0.339 e. The first-order valence-electron chi connectivity index (χ1n) is 5.84. The van der Waals surface area contributed by atoms with Crippen molar-refractivity contribution in [2.24, 2.45) is 11.8 Å². The van der Waals surface area contributed by atoms with E-state index in [4.69, 9.17) is 0 Å². The number of carbonyl (C=O) groups excluding carboxylic acids is 1. The van der Waals surface area contributed by atoms with E-state index in [0.29, 0.717) is 17.9 Å². The van der Waals surface area contributed by atoms with Crippen molar-refractivity contribution in [2.75, 3.05) is 6.54 Å². The van der Waals surface area contributed by atoms with Gasteiger partial charge in [0.05, 0.1) is 0 Å². The van der Waals surface area contributed by atoms with E-state index in [-0.39, 0.29) is 5.92 Å². The minimum Gasteiger partial charge on any atom is -0.339 e. The maximum absolute atomic E-state index is 11.9. The lowest BCUT2D eigenvalue weighted by atomic mass is 9.92. The minimum atomic E-state index is 0.148. The van der Waals surface area contributed by atoms with Gasteiger partial charge in [0, 0.05) is 18.5 Å². The van der Waals surface area contributed by atoms with Gasteiger partial charge >= 0.3 is 0 Å². The highest BCUT2D eigenvalue weighted by Gasteiger charge is 2.29. The van der Waals surface area contributed by atoms with Crippen molar-refractivity contribution in [1.82, 2.24) is 4.90 Å². The summed E-state index contributed by atoms with van der Waals surface area (Å²) >= 11 is 0. The fraction of sp³-hybridized carbons (Fsp3) is 0.917. The zero-order valence-electron chi connectivity index (χ0n) is 9.92. The highest BCUT2D eigenvalue weighted by molar-refractivity contribution is 5.78. The fourth-order valence-electron chi connectivity index (χ4n) is 2.26. The predicted octanol–water partition coefficient (Wildman–Crippen LogP) is 2.68. The SMILES string of the molecule is CC(C)C(=O)N1CCCC[C@H]1C(C)C. The summed E-state index contributed by atoms with van der Waals surface area (Å²) in [5.74, 6) is 1.08. The standard InChI is InChI=1S/C12H23NO/c1-9(2)11-7-5-6-8-13(11)12(14)10(3)4/h9-11H,5-8H2,1-4H3/t11-/m0/s1. The van der Waals surface area contributed by atoms with E-state index in [0.717, 1.165) is 6.54 Å². The van der Waals surface area contributed by atoms with Crippen LogP contribution in [0.25, 0.3) is 0 Å².